The van der Waals surface area contributed by atoms with Crippen LogP contribution in [0.25, 0.3) is 10.9 Å². The van der Waals surface area contributed by atoms with E-state index >= 15 is 4.39 Å². The molecule has 2 aliphatic rings. The average molecular weight is 577 g/mol. The number of nitriles is 1. The van der Waals surface area contributed by atoms with Crippen molar-refractivity contribution in [2.45, 2.75) is 32.2 Å². The molecule has 0 aliphatic heterocycles. The minimum absolute atomic E-state index is 0.0508. The maximum Gasteiger partial charge on any atom is 0.267 e. The third kappa shape index (κ3) is 6.04. The Balaban J connectivity index is 1.16. The van der Waals surface area contributed by atoms with Crippen LogP contribution in [0.1, 0.15) is 47.3 Å². The zero-order valence-corrected chi connectivity index (χ0v) is 23.2. The van der Waals surface area contributed by atoms with Crippen LogP contribution in [0.2, 0.25) is 10.0 Å². The maximum atomic E-state index is 15.4. The summed E-state index contributed by atoms with van der Waals surface area (Å²) in [6, 6.07) is 17.5. The SMILES string of the molecule is N#Cc1cc(Cl)cc(Oc2c(Cl)ccc(CNC(=O)c3cc4cc(N(CC5CC5)CC5CC5)ccc4[nH]3)c2F)c1. The van der Waals surface area contributed by atoms with Crippen molar-refractivity contribution >= 4 is 45.7 Å². The quantitative estimate of drug-likeness (QED) is 0.201. The van der Waals surface area contributed by atoms with Crippen molar-refractivity contribution in [2.75, 3.05) is 18.0 Å². The molecule has 0 saturated heterocycles. The van der Waals surface area contributed by atoms with Gasteiger partial charge in [0, 0.05) is 46.8 Å². The number of amides is 1. The van der Waals surface area contributed by atoms with E-state index < -0.39 is 5.82 Å². The van der Waals surface area contributed by atoms with Crippen molar-refractivity contribution < 1.29 is 13.9 Å². The number of nitrogens with zero attached hydrogens (tertiary/aromatic N) is 2. The van der Waals surface area contributed by atoms with E-state index in [0.29, 0.717) is 5.69 Å². The molecule has 4 aromatic rings. The topological polar surface area (TPSA) is 81.2 Å². The van der Waals surface area contributed by atoms with E-state index in [1.807, 2.05) is 18.2 Å². The zero-order chi connectivity index (χ0) is 27.8. The number of aromatic amines is 1. The maximum absolute atomic E-state index is 15.4. The van der Waals surface area contributed by atoms with Crippen LogP contribution in [0.5, 0.6) is 11.5 Å². The Morgan fingerprint density at radius 3 is 2.50 bits per heavy atom. The molecular formula is C31H27Cl2FN4O2. The number of anilines is 1. The lowest BCUT2D eigenvalue weighted by Gasteiger charge is -2.25. The first-order valence-electron chi connectivity index (χ1n) is 13.4. The highest BCUT2D eigenvalue weighted by molar-refractivity contribution is 6.32. The number of rotatable bonds is 10. The van der Waals surface area contributed by atoms with Gasteiger partial charge in [0.15, 0.2) is 11.6 Å². The fourth-order valence-corrected chi connectivity index (χ4v) is 5.24. The Morgan fingerprint density at radius 1 is 1.05 bits per heavy atom. The van der Waals surface area contributed by atoms with Gasteiger partial charge in [0.05, 0.1) is 16.7 Å². The highest BCUT2D eigenvalue weighted by atomic mass is 35.5. The van der Waals surface area contributed by atoms with Gasteiger partial charge in [0.25, 0.3) is 5.91 Å². The molecule has 204 valence electrons. The first-order chi connectivity index (χ1) is 19.4. The molecule has 0 atom stereocenters. The van der Waals surface area contributed by atoms with Crippen LogP contribution < -0.4 is 15.0 Å². The summed E-state index contributed by atoms with van der Waals surface area (Å²) < 4.78 is 21.0. The number of carbonyl (C=O) groups is 1. The van der Waals surface area contributed by atoms with E-state index in [1.165, 1.54) is 61.7 Å². The van der Waals surface area contributed by atoms with Gasteiger partial charge in [-0.05, 0) is 86.1 Å². The summed E-state index contributed by atoms with van der Waals surface area (Å²) in [6.45, 7) is 2.11. The molecule has 0 unspecified atom stereocenters. The van der Waals surface area contributed by atoms with Crippen LogP contribution in [0.15, 0.2) is 54.6 Å². The number of hydrogen-bond acceptors (Lipinski definition) is 4. The lowest BCUT2D eigenvalue weighted by Crippen LogP contribution is -2.27. The summed E-state index contributed by atoms with van der Waals surface area (Å²) in [4.78, 5) is 18.7. The van der Waals surface area contributed by atoms with Crippen LogP contribution in [0.4, 0.5) is 10.1 Å². The molecule has 2 fully saturated rings. The largest absolute Gasteiger partial charge is 0.453 e. The highest BCUT2D eigenvalue weighted by Crippen LogP contribution is 2.37. The molecule has 9 heteroatoms. The van der Waals surface area contributed by atoms with Gasteiger partial charge in [-0.25, -0.2) is 4.39 Å². The molecular weight excluding hydrogens is 550 g/mol. The van der Waals surface area contributed by atoms with Crippen molar-refractivity contribution in [3.63, 3.8) is 0 Å². The number of benzene rings is 3. The van der Waals surface area contributed by atoms with Gasteiger partial charge in [0.1, 0.15) is 11.4 Å². The molecule has 0 spiro atoms. The zero-order valence-electron chi connectivity index (χ0n) is 21.6. The number of aromatic nitrogens is 1. The molecule has 6 nitrogen and oxygen atoms in total. The van der Waals surface area contributed by atoms with E-state index in [9.17, 15) is 4.79 Å². The number of halogens is 3. The summed E-state index contributed by atoms with van der Waals surface area (Å²) in [5.74, 6) is 0.495. The first kappa shape index (κ1) is 26.5. The van der Waals surface area contributed by atoms with E-state index in [0.717, 1.165) is 35.8 Å². The summed E-state index contributed by atoms with van der Waals surface area (Å²) in [5, 5.41) is 13.2. The van der Waals surface area contributed by atoms with Crippen LogP contribution in [-0.4, -0.2) is 24.0 Å². The molecule has 3 aromatic carbocycles. The second-order valence-electron chi connectivity index (χ2n) is 10.7. The third-order valence-electron chi connectivity index (χ3n) is 7.35. The van der Waals surface area contributed by atoms with Gasteiger partial charge in [-0.3, -0.25) is 4.79 Å². The molecule has 1 amide bonds. The summed E-state index contributed by atoms with van der Waals surface area (Å²) in [5.41, 5.74) is 2.93. The lowest BCUT2D eigenvalue weighted by atomic mass is 10.1. The molecule has 1 aromatic heterocycles. The second-order valence-corrected chi connectivity index (χ2v) is 11.5. The van der Waals surface area contributed by atoms with Crippen LogP contribution >= 0.6 is 23.2 Å². The predicted molar refractivity (Wildman–Crippen MR) is 155 cm³/mol. The Kier molecular flexibility index (Phi) is 7.31. The van der Waals surface area contributed by atoms with Crippen molar-refractivity contribution in [2.24, 2.45) is 11.8 Å². The van der Waals surface area contributed by atoms with E-state index in [4.69, 9.17) is 33.2 Å². The van der Waals surface area contributed by atoms with E-state index in [-0.39, 0.29) is 45.1 Å². The summed E-state index contributed by atoms with van der Waals surface area (Å²) in [6.07, 6.45) is 5.23. The normalized spacial score (nSPS) is 14.7. The molecule has 2 aliphatic carbocycles. The molecule has 6 rings (SSSR count). The molecule has 0 bridgehead atoms. The van der Waals surface area contributed by atoms with Gasteiger partial charge < -0.3 is 19.9 Å². The third-order valence-corrected chi connectivity index (χ3v) is 7.87. The first-order valence-corrected chi connectivity index (χ1v) is 14.1. The average Bonchev–Trinajstić information content (AvgIpc) is 3.88. The van der Waals surface area contributed by atoms with Crippen LogP contribution in [0.3, 0.4) is 0 Å². The highest BCUT2D eigenvalue weighted by Gasteiger charge is 2.29. The molecule has 1 heterocycles. The smallest absolute Gasteiger partial charge is 0.267 e. The van der Waals surface area contributed by atoms with Gasteiger partial charge in [-0.1, -0.05) is 29.3 Å². The van der Waals surface area contributed by atoms with Gasteiger partial charge in [0.2, 0.25) is 0 Å². The Bertz CT molecular complexity index is 1620. The molecule has 2 saturated carbocycles. The summed E-state index contributed by atoms with van der Waals surface area (Å²) in [7, 11) is 0. The number of H-pyrrole nitrogens is 1. The van der Waals surface area contributed by atoms with Gasteiger partial charge >= 0.3 is 0 Å². The van der Waals surface area contributed by atoms with Crippen molar-refractivity contribution in [1.82, 2.24) is 10.3 Å². The Morgan fingerprint density at radius 2 is 1.80 bits per heavy atom. The number of carbonyl (C=O) groups excluding carboxylic acids is 1. The molecule has 2 N–H and O–H groups in total. The molecule has 0 radical (unpaired) electrons. The lowest BCUT2D eigenvalue weighted by molar-refractivity contribution is 0.0946. The molecule has 40 heavy (non-hydrogen) atoms. The standard InChI is InChI=1S/C31H27Cl2FN4O2/c32-23-9-20(14-35)10-25(13-23)40-30-26(33)7-5-21(29(30)34)15-36-31(39)28-12-22-11-24(6-8-27(22)37-28)38(16-18-1-2-18)17-19-3-4-19/h5-13,18-19,37H,1-4,15-17H2,(H,36,39). The number of hydrogen-bond donors (Lipinski definition) is 2. The number of fused-ring (bicyclic) bond motifs is 1. The van der Waals surface area contributed by atoms with Crippen LogP contribution in [0, 0.1) is 29.0 Å². The van der Waals surface area contributed by atoms with Crippen molar-refractivity contribution in [3.05, 3.63) is 87.3 Å². The van der Waals surface area contributed by atoms with Crippen LogP contribution in [-0.2, 0) is 6.54 Å². The summed E-state index contributed by atoms with van der Waals surface area (Å²) >= 11 is 12.2. The minimum atomic E-state index is -0.709. The fraction of sp³-hybridized carbons (Fsp3) is 0.290. The van der Waals surface area contributed by atoms with Crippen molar-refractivity contribution in [1.29, 1.82) is 5.26 Å². The van der Waals surface area contributed by atoms with E-state index in [2.05, 4.69) is 27.3 Å². The fourth-order valence-electron chi connectivity index (χ4n) is 4.83. The monoisotopic (exact) mass is 576 g/mol. The van der Waals surface area contributed by atoms with Crippen molar-refractivity contribution in [3.8, 4) is 17.6 Å². The van der Waals surface area contributed by atoms with Gasteiger partial charge in [-0.15, -0.1) is 0 Å². The Labute approximate surface area is 241 Å². The predicted octanol–water partition coefficient (Wildman–Crippen LogP) is 7.83. The van der Waals surface area contributed by atoms with Gasteiger partial charge in [-0.2, -0.15) is 5.26 Å². The Hall–Kier alpha value is -3.73. The number of nitrogens with one attached hydrogen (secondary N) is 2. The minimum Gasteiger partial charge on any atom is -0.453 e. The van der Waals surface area contributed by atoms with E-state index in [1.54, 1.807) is 0 Å². The number of ether oxygens (including phenoxy) is 1. The second kappa shape index (κ2) is 11.0.